The Hall–Kier alpha value is -1.66. The summed E-state index contributed by atoms with van der Waals surface area (Å²) in [5, 5.41) is 5.83. The summed E-state index contributed by atoms with van der Waals surface area (Å²) in [6, 6.07) is 4.03. The fraction of sp³-hybridized carbons (Fsp3) is 0.467. The highest BCUT2D eigenvalue weighted by Gasteiger charge is 2.25. The highest BCUT2D eigenvalue weighted by atomic mass is 35.5. The standard InChI is InChI=1S/C15H19FN2O3.ClH/c1-9-7-10(5-6-17-9)14(19)18-13-8-11(15(20)21-2)3-4-12(13)16;/h3-4,8-10,17H,5-7H2,1-2H3,(H,18,19);1H/t9-,10-;/m0./s1. The summed E-state index contributed by atoms with van der Waals surface area (Å²) in [7, 11) is 1.25. The van der Waals surface area contributed by atoms with Crippen LogP contribution in [0.2, 0.25) is 0 Å². The smallest absolute Gasteiger partial charge is 0.337 e. The minimum absolute atomic E-state index is 0. The second kappa shape index (κ2) is 8.10. The van der Waals surface area contributed by atoms with Crippen LogP contribution in [0, 0.1) is 11.7 Å². The van der Waals surface area contributed by atoms with Gasteiger partial charge in [-0.2, -0.15) is 0 Å². The lowest BCUT2D eigenvalue weighted by atomic mass is 9.92. The van der Waals surface area contributed by atoms with Gasteiger partial charge in [-0.25, -0.2) is 9.18 Å². The quantitative estimate of drug-likeness (QED) is 0.835. The van der Waals surface area contributed by atoms with Gasteiger partial charge in [-0.3, -0.25) is 4.79 Å². The van der Waals surface area contributed by atoms with Crippen LogP contribution in [0.3, 0.4) is 0 Å². The maximum absolute atomic E-state index is 13.8. The van der Waals surface area contributed by atoms with E-state index in [1.54, 1.807) is 0 Å². The van der Waals surface area contributed by atoms with Gasteiger partial charge in [0, 0.05) is 12.0 Å². The first-order chi connectivity index (χ1) is 10.0. The Morgan fingerprint density at radius 3 is 2.77 bits per heavy atom. The number of ether oxygens (including phenoxy) is 1. The number of piperidine rings is 1. The first-order valence-electron chi connectivity index (χ1n) is 6.93. The average molecular weight is 331 g/mol. The summed E-state index contributed by atoms with van der Waals surface area (Å²) in [5.74, 6) is -1.51. The van der Waals surface area contributed by atoms with Crippen LogP contribution in [0.15, 0.2) is 18.2 Å². The fourth-order valence-corrected chi connectivity index (χ4v) is 2.47. The molecule has 5 nitrogen and oxygen atoms in total. The molecule has 1 aliphatic rings. The summed E-state index contributed by atoms with van der Waals surface area (Å²) in [4.78, 5) is 23.6. The predicted octanol–water partition coefficient (Wildman–Crippen LogP) is 2.36. The van der Waals surface area contributed by atoms with Crippen molar-refractivity contribution in [2.45, 2.75) is 25.8 Å². The zero-order valence-corrected chi connectivity index (χ0v) is 13.3. The van der Waals surface area contributed by atoms with Gasteiger partial charge in [0.15, 0.2) is 0 Å². The number of anilines is 1. The monoisotopic (exact) mass is 330 g/mol. The number of halogens is 2. The molecular formula is C15H20ClFN2O3. The number of carbonyl (C=O) groups is 2. The molecule has 1 aromatic rings. The highest BCUT2D eigenvalue weighted by Crippen LogP contribution is 2.21. The van der Waals surface area contributed by atoms with Crippen molar-refractivity contribution in [1.29, 1.82) is 0 Å². The van der Waals surface area contributed by atoms with Crippen LogP contribution < -0.4 is 10.6 Å². The molecule has 0 aromatic heterocycles. The third-order valence-electron chi connectivity index (χ3n) is 3.64. The molecule has 1 heterocycles. The van der Waals surface area contributed by atoms with Crippen molar-refractivity contribution < 1.29 is 18.7 Å². The Bertz CT molecular complexity index is 554. The Balaban J connectivity index is 0.00000242. The second-order valence-electron chi connectivity index (χ2n) is 5.25. The molecule has 1 fully saturated rings. The van der Waals surface area contributed by atoms with Crippen LogP contribution in [-0.4, -0.2) is 31.6 Å². The van der Waals surface area contributed by atoms with Gasteiger partial charge in [-0.05, 0) is 44.5 Å². The SMILES string of the molecule is COC(=O)c1ccc(F)c(NC(=O)[C@H]2CCN[C@@H](C)C2)c1.Cl. The third-order valence-corrected chi connectivity index (χ3v) is 3.64. The number of amides is 1. The molecule has 0 bridgehead atoms. The van der Waals surface area contributed by atoms with Crippen LogP contribution >= 0.6 is 12.4 Å². The van der Waals surface area contributed by atoms with Gasteiger partial charge >= 0.3 is 5.97 Å². The summed E-state index contributed by atoms with van der Waals surface area (Å²) in [5.41, 5.74) is 0.210. The summed E-state index contributed by atoms with van der Waals surface area (Å²) in [6.07, 6.45) is 1.43. The fourth-order valence-electron chi connectivity index (χ4n) is 2.47. The molecule has 122 valence electrons. The average Bonchev–Trinajstić information content (AvgIpc) is 2.48. The van der Waals surface area contributed by atoms with Crippen molar-refractivity contribution in [1.82, 2.24) is 5.32 Å². The molecule has 0 spiro atoms. The molecule has 0 saturated carbocycles. The lowest BCUT2D eigenvalue weighted by Gasteiger charge is -2.27. The first kappa shape index (κ1) is 18.4. The van der Waals surface area contributed by atoms with Crippen LogP contribution in [0.25, 0.3) is 0 Å². The molecule has 0 aliphatic carbocycles. The van der Waals surface area contributed by atoms with E-state index in [9.17, 15) is 14.0 Å². The van der Waals surface area contributed by atoms with E-state index in [1.807, 2.05) is 6.92 Å². The molecular weight excluding hydrogens is 311 g/mol. The van der Waals surface area contributed by atoms with E-state index in [1.165, 1.54) is 19.2 Å². The van der Waals surface area contributed by atoms with E-state index in [2.05, 4.69) is 15.4 Å². The molecule has 1 aromatic carbocycles. The zero-order valence-electron chi connectivity index (χ0n) is 12.5. The molecule has 0 unspecified atom stereocenters. The summed E-state index contributed by atoms with van der Waals surface area (Å²) in [6.45, 7) is 2.78. The van der Waals surface area contributed by atoms with Crippen molar-refractivity contribution in [2.75, 3.05) is 19.0 Å². The first-order valence-corrected chi connectivity index (χ1v) is 6.93. The van der Waals surface area contributed by atoms with Gasteiger partial charge in [0.2, 0.25) is 5.91 Å². The molecule has 1 saturated heterocycles. The normalized spacial score (nSPS) is 20.7. The number of carbonyl (C=O) groups excluding carboxylic acids is 2. The van der Waals surface area contributed by atoms with Crippen LogP contribution in [0.4, 0.5) is 10.1 Å². The van der Waals surface area contributed by atoms with E-state index < -0.39 is 11.8 Å². The summed E-state index contributed by atoms with van der Waals surface area (Å²) < 4.78 is 18.3. The Morgan fingerprint density at radius 1 is 1.41 bits per heavy atom. The number of methoxy groups -OCH3 is 1. The van der Waals surface area contributed by atoms with Gasteiger partial charge in [-0.1, -0.05) is 0 Å². The molecule has 22 heavy (non-hydrogen) atoms. The number of rotatable bonds is 3. The number of nitrogens with one attached hydrogen (secondary N) is 2. The van der Waals surface area contributed by atoms with E-state index >= 15 is 0 Å². The van der Waals surface area contributed by atoms with Crippen molar-refractivity contribution >= 4 is 30.0 Å². The number of hydrogen-bond donors (Lipinski definition) is 2. The molecule has 2 rings (SSSR count). The van der Waals surface area contributed by atoms with Crippen molar-refractivity contribution in [3.05, 3.63) is 29.6 Å². The van der Waals surface area contributed by atoms with E-state index in [0.717, 1.165) is 12.6 Å². The topological polar surface area (TPSA) is 67.4 Å². The van der Waals surface area contributed by atoms with Gasteiger partial charge < -0.3 is 15.4 Å². The van der Waals surface area contributed by atoms with E-state index in [4.69, 9.17) is 0 Å². The maximum atomic E-state index is 13.8. The number of esters is 1. The zero-order chi connectivity index (χ0) is 15.4. The Kier molecular flexibility index (Phi) is 6.77. The van der Waals surface area contributed by atoms with Gasteiger partial charge in [0.05, 0.1) is 18.4 Å². The van der Waals surface area contributed by atoms with Gasteiger partial charge in [0.25, 0.3) is 0 Å². The largest absolute Gasteiger partial charge is 0.465 e. The number of hydrogen-bond acceptors (Lipinski definition) is 4. The Labute approximate surface area is 135 Å². The molecule has 7 heteroatoms. The van der Waals surface area contributed by atoms with Crippen molar-refractivity contribution in [3.8, 4) is 0 Å². The molecule has 2 N–H and O–H groups in total. The van der Waals surface area contributed by atoms with Crippen molar-refractivity contribution in [2.24, 2.45) is 5.92 Å². The minimum atomic E-state index is -0.571. The van der Waals surface area contributed by atoms with Crippen LogP contribution in [0.5, 0.6) is 0 Å². The third kappa shape index (κ3) is 4.42. The highest BCUT2D eigenvalue weighted by molar-refractivity contribution is 5.95. The van der Waals surface area contributed by atoms with E-state index in [0.29, 0.717) is 12.8 Å². The summed E-state index contributed by atoms with van der Waals surface area (Å²) >= 11 is 0. The van der Waals surface area contributed by atoms with E-state index in [-0.39, 0.29) is 41.5 Å². The molecule has 1 aliphatic heterocycles. The van der Waals surface area contributed by atoms with Crippen LogP contribution in [-0.2, 0) is 9.53 Å². The minimum Gasteiger partial charge on any atom is -0.465 e. The maximum Gasteiger partial charge on any atom is 0.337 e. The molecule has 1 amide bonds. The van der Waals surface area contributed by atoms with Gasteiger partial charge in [-0.15, -0.1) is 12.4 Å². The van der Waals surface area contributed by atoms with Crippen LogP contribution in [0.1, 0.15) is 30.1 Å². The predicted molar refractivity (Wildman–Crippen MR) is 83.8 cm³/mol. The van der Waals surface area contributed by atoms with Crippen molar-refractivity contribution in [3.63, 3.8) is 0 Å². The second-order valence-corrected chi connectivity index (χ2v) is 5.25. The number of benzene rings is 1. The van der Waals surface area contributed by atoms with Gasteiger partial charge in [0.1, 0.15) is 5.82 Å². The lowest BCUT2D eigenvalue weighted by molar-refractivity contribution is -0.120. The lowest BCUT2D eigenvalue weighted by Crippen LogP contribution is -2.40. The Morgan fingerprint density at radius 2 is 2.14 bits per heavy atom. The molecule has 0 radical (unpaired) electrons. The molecule has 2 atom stereocenters.